The lowest BCUT2D eigenvalue weighted by molar-refractivity contribution is -0.143. The second-order valence-electron chi connectivity index (χ2n) is 6.00. The Morgan fingerprint density at radius 2 is 1.74 bits per heavy atom. The maximum Gasteiger partial charge on any atom is 0.306 e. The quantitative estimate of drug-likeness (QED) is 0.520. The number of carbonyl (C=O) groups is 2. The van der Waals surface area contributed by atoms with Gasteiger partial charge in [0.05, 0.1) is 18.5 Å². The molecule has 0 aliphatic carbocycles. The van der Waals surface area contributed by atoms with Crippen molar-refractivity contribution < 1.29 is 23.8 Å². The van der Waals surface area contributed by atoms with Gasteiger partial charge in [-0.15, -0.1) is 0 Å². The lowest BCUT2D eigenvalue weighted by atomic mass is 10.0. The fourth-order valence-electron chi connectivity index (χ4n) is 2.75. The molecular formula is C21H18FNO4. The maximum absolute atomic E-state index is 13.1. The molecule has 0 radical (unpaired) electrons. The zero-order chi connectivity index (χ0) is 19.4. The summed E-state index contributed by atoms with van der Waals surface area (Å²) in [6, 6.07) is 12.9. The third-order valence-corrected chi connectivity index (χ3v) is 4.10. The Bertz CT molecular complexity index is 999. The van der Waals surface area contributed by atoms with E-state index in [0.29, 0.717) is 10.9 Å². The number of esters is 1. The molecule has 6 heteroatoms. The predicted octanol–water partition coefficient (Wildman–Crippen LogP) is 4.27. The minimum atomic E-state index is -0.468. The van der Waals surface area contributed by atoms with Crippen LogP contribution in [0.5, 0.6) is 5.75 Å². The van der Waals surface area contributed by atoms with Crippen molar-refractivity contribution in [1.29, 1.82) is 0 Å². The van der Waals surface area contributed by atoms with E-state index in [9.17, 15) is 19.1 Å². The summed E-state index contributed by atoms with van der Waals surface area (Å²) in [4.78, 5) is 28.0. The highest BCUT2D eigenvalue weighted by Gasteiger charge is 2.16. The average Bonchev–Trinajstić information content (AvgIpc) is 2.66. The van der Waals surface area contributed by atoms with Gasteiger partial charge in [-0.05, 0) is 42.3 Å². The molecule has 2 aromatic carbocycles. The first-order valence-electron chi connectivity index (χ1n) is 8.56. The lowest BCUT2D eigenvalue weighted by Gasteiger charge is -2.08. The molecule has 1 aromatic heterocycles. The van der Waals surface area contributed by atoms with Crippen LogP contribution in [0.2, 0.25) is 0 Å². The zero-order valence-electron chi connectivity index (χ0n) is 14.7. The Hall–Kier alpha value is -3.28. The molecule has 27 heavy (non-hydrogen) atoms. The van der Waals surface area contributed by atoms with Gasteiger partial charge >= 0.3 is 5.97 Å². The van der Waals surface area contributed by atoms with Crippen LogP contribution >= 0.6 is 0 Å². The van der Waals surface area contributed by atoms with Gasteiger partial charge in [0.1, 0.15) is 17.3 Å². The monoisotopic (exact) mass is 367 g/mol. The van der Waals surface area contributed by atoms with Crippen LogP contribution in [0, 0.1) is 5.82 Å². The largest absolute Gasteiger partial charge is 0.506 e. The van der Waals surface area contributed by atoms with E-state index in [-0.39, 0.29) is 36.7 Å². The SMILES string of the molecule is CCOC(=O)CCC(=O)c1nc2cc(-c3ccc(F)cc3)ccc2cc1O. The number of Topliss-reactive ketones (excluding diaryl/α,β-unsaturated/α-hetero) is 1. The number of aromatic nitrogens is 1. The Morgan fingerprint density at radius 3 is 2.44 bits per heavy atom. The number of rotatable bonds is 6. The van der Waals surface area contributed by atoms with Gasteiger partial charge in [-0.1, -0.05) is 24.3 Å². The Balaban J connectivity index is 1.90. The van der Waals surface area contributed by atoms with E-state index in [2.05, 4.69) is 4.98 Å². The van der Waals surface area contributed by atoms with Gasteiger partial charge in [-0.3, -0.25) is 9.59 Å². The minimum Gasteiger partial charge on any atom is -0.506 e. The number of fused-ring (bicyclic) bond motifs is 1. The normalized spacial score (nSPS) is 10.7. The van der Waals surface area contributed by atoms with Crippen molar-refractivity contribution in [3.05, 3.63) is 60.0 Å². The Morgan fingerprint density at radius 1 is 1.04 bits per heavy atom. The summed E-state index contributed by atoms with van der Waals surface area (Å²) in [6.45, 7) is 1.94. The third kappa shape index (κ3) is 4.28. The molecule has 0 atom stereocenters. The lowest BCUT2D eigenvalue weighted by Crippen LogP contribution is -2.09. The van der Waals surface area contributed by atoms with Crippen LogP contribution in [-0.4, -0.2) is 28.4 Å². The van der Waals surface area contributed by atoms with E-state index in [1.165, 1.54) is 18.2 Å². The molecule has 0 bridgehead atoms. The smallest absolute Gasteiger partial charge is 0.306 e. The number of carbonyl (C=O) groups excluding carboxylic acids is 2. The second kappa shape index (κ2) is 7.95. The van der Waals surface area contributed by atoms with Crippen molar-refractivity contribution in [1.82, 2.24) is 4.98 Å². The molecule has 1 N–H and O–H groups in total. The third-order valence-electron chi connectivity index (χ3n) is 4.10. The van der Waals surface area contributed by atoms with Crippen molar-refractivity contribution in [2.24, 2.45) is 0 Å². The number of hydrogen-bond acceptors (Lipinski definition) is 5. The van der Waals surface area contributed by atoms with Crippen molar-refractivity contribution in [2.75, 3.05) is 6.61 Å². The molecular weight excluding hydrogens is 349 g/mol. The fourth-order valence-corrected chi connectivity index (χ4v) is 2.75. The zero-order valence-corrected chi connectivity index (χ0v) is 14.7. The van der Waals surface area contributed by atoms with E-state index < -0.39 is 11.8 Å². The first-order chi connectivity index (χ1) is 13.0. The summed E-state index contributed by atoms with van der Waals surface area (Å²) in [5.74, 6) is -1.46. The topological polar surface area (TPSA) is 76.5 Å². The molecule has 0 saturated carbocycles. The molecule has 0 aliphatic rings. The van der Waals surface area contributed by atoms with Crippen LogP contribution in [0.25, 0.3) is 22.0 Å². The molecule has 3 rings (SSSR count). The summed E-state index contributed by atoms with van der Waals surface area (Å²) in [7, 11) is 0. The standard InChI is InChI=1S/C21H18FNO4/c1-2-27-20(26)10-9-18(24)21-19(25)12-15-4-3-14(11-17(15)23-21)13-5-7-16(22)8-6-13/h3-8,11-12,25H,2,9-10H2,1H3. The van der Waals surface area contributed by atoms with Gasteiger partial charge in [0, 0.05) is 11.8 Å². The van der Waals surface area contributed by atoms with Gasteiger partial charge in [0.25, 0.3) is 0 Å². The van der Waals surface area contributed by atoms with Gasteiger partial charge in [0.15, 0.2) is 5.78 Å². The van der Waals surface area contributed by atoms with Crippen molar-refractivity contribution in [2.45, 2.75) is 19.8 Å². The highest BCUT2D eigenvalue weighted by atomic mass is 19.1. The number of benzene rings is 2. The Kier molecular flexibility index (Phi) is 5.45. The van der Waals surface area contributed by atoms with Crippen LogP contribution in [0.15, 0.2) is 48.5 Å². The summed E-state index contributed by atoms with van der Waals surface area (Å²) in [6.07, 6.45) is -0.163. The van der Waals surface area contributed by atoms with E-state index in [1.807, 2.05) is 6.07 Å². The molecule has 3 aromatic rings. The van der Waals surface area contributed by atoms with E-state index in [0.717, 1.165) is 11.1 Å². The van der Waals surface area contributed by atoms with Gasteiger partial charge in [-0.25, -0.2) is 9.37 Å². The molecule has 0 saturated heterocycles. The van der Waals surface area contributed by atoms with Crippen molar-refractivity contribution >= 4 is 22.7 Å². The first kappa shape index (κ1) is 18.5. The number of ether oxygens (including phenoxy) is 1. The molecule has 1 heterocycles. The molecule has 138 valence electrons. The molecule has 5 nitrogen and oxygen atoms in total. The van der Waals surface area contributed by atoms with Crippen molar-refractivity contribution in [3.8, 4) is 16.9 Å². The number of halogens is 1. The highest BCUT2D eigenvalue weighted by molar-refractivity contribution is 6.00. The van der Waals surface area contributed by atoms with E-state index >= 15 is 0 Å². The van der Waals surface area contributed by atoms with E-state index in [1.54, 1.807) is 31.2 Å². The summed E-state index contributed by atoms with van der Waals surface area (Å²) in [5.41, 5.74) is 2.06. The van der Waals surface area contributed by atoms with Gasteiger partial charge in [0.2, 0.25) is 0 Å². The van der Waals surface area contributed by atoms with Crippen LogP contribution < -0.4 is 0 Å². The molecule has 0 unspecified atom stereocenters. The van der Waals surface area contributed by atoms with Crippen LogP contribution in [0.4, 0.5) is 4.39 Å². The molecule has 0 fully saturated rings. The number of hydrogen-bond donors (Lipinski definition) is 1. The average molecular weight is 367 g/mol. The highest BCUT2D eigenvalue weighted by Crippen LogP contribution is 2.28. The number of nitrogens with zero attached hydrogens (tertiary/aromatic N) is 1. The molecule has 0 spiro atoms. The Labute approximate surface area is 155 Å². The molecule has 0 aliphatic heterocycles. The van der Waals surface area contributed by atoms with Crippen LogP contribution in [-0.2, 0) is 9.53 Å². The van der Waals surface area contributed by atoms with E-state index in [4.69, 9.17) is 4.74 Å². The van der Waals surface area contributed by atoms with Crippen LogP contribution in [0.3, 0.4) is 0 Å². The fraction of sp³-hybridized carbons (Fsp3) is 0.190. The second-order valence-corrected chi connectivity index (χ2v) is 6.00. The predicted molar refractivity (Wildman–Crippen MR) is 99.0 cm³/mol. The maximum atomic E-state index is 13.1. The number of ketones is 1. The van der Waals surface area contributed by atoms with Gasteiger partial charge in [-0.2, -0.15) is 0 Å². The number of aromatic hydroxyl groups is 1. The molecule has 0 amide bonds. The summed E-state index contributed by atoms with van der Waals surface area (Å²) >= 11 is 0. The number of pyridine rings is 1. The van der Waals surface area contributed by atoms with Crippen LogP contribution in [0.1, 0.15) is 30.3 Å². The van der Waals surface area contributed by atoms with Crippen molar-refractivity contribution in [3.63, 3.8) is 0 Å². The minimum absolute atomic E-state index is 0.0680. The summed E-state index contributed by atoms with van der Waals surface area (Å²) in [5, 5.41) is 10.8. The summed E-state index contributed by atoms with van der Waals surface area (Å²) < 4.78 is 17.9. The van der Waals surface area contributed by atoms with Gasteiger partial charge < -0.3 is 9.84 Å². The first-order valence-corrected chi connectivity index (χ1v) is 8.56.